The van der Waals surface area contributed by atoms with Gasteiger partial charge in [-0.25, -0.2) is 0 Å². The third-order valence-corrected chi connectivity index (χ3v) is 4.61. The summed E-state index contributed by atoms with van der Waals surface area (Å²) in [7, 11) is 0. The molecule has 1 heterocycles. The SMILES string of the molecule is CC(C)(C)NCCCN1CCSC(C)(C)CC1. The van der Waals surface area contributed by atoms with Gasteiger partial charge in [0.2, 0.25) is 0 Å². The lowest BCUT2D eigenvalue weighted by Crippen LogP contribution is -2.38. The summed E-state index contributed by atoms with van der Waals surface area (Å²) in [5, 5.41) is 3.56. The van der Waals surface area contributed by atoms with E-state index < -0.39 is 0 Å². The molecule has 2 nitrogen and oxygen atoms in total. The fourth-order valence-electron chi connectivity index (χ4n) is 2.05. The van der Waals surface area contributed by atoms with Gasteiger partial charge in [0.05, 0.1) is 0 Å². The summed E-state index contributed by atoms with van der Waals surface area (Å²) in [5.41, 5.74) is 0.261. The highest BCUT2D eigenvalue weighted by molar-refractivity contribution is 8.00. The first-order valence-corrected chi connectivity index (χ1v) is 7.88. The Kier molecular flexibility index (Phi) is 5.81. The Morgan fingerprint density at radius 2 is 1.94 bits per heavy atom. The van der Waals surface area contributed by atoms with Gasteiger partial charge in [-0.1, -0.05) is 13.8 Å². The molecule has 0 atom stereocenters. The minimum Gasteiger partial charge on any atom is -0.312 e. The van der Waals surface area contributed by atoms with Crippen LogP contribution < -0.4 is 5.32 Å². The Bertz CT molecular complexity index is 221. The van der Waals surface area contributed by atoms with Crippen LogP contribution in [-0.2, 0) is 0 Å². The van der Waals surface area contributed by atoms with Crippen LogP contribution in [0, 0.1) is 0 Å². The summed E-state index contributed by atoms with van der Waals surface area (Å²) in [6, 6.07) is 0. The molecule has 3 heteroatoms. The lowest BCUT2D eigenvalue weighted by Gasteiger charge is -2.24. The van der Waals surface area contributed by atoms with Crippen LogP contribution in [-0.4, -0.2) is 47.1 Å². The van der Waals surface area contributed by atoms with Gasteiger partial charge >= 0.3 is 0 Å². The largest absolute Gasteiger partial charge is 0.312 e. The van der Waals surface area contributed by atoms with Gasteiger partial charge in [-0.3, -0.25) is 0 Å². The third-order valence-electron chi connectivity index (χ3n) is 3.24. The van der Waals surface area contributed by atoms with Crippen LogP contribution in [0.1, 0.15) is 47.5 Å². The van der Waals surface area contributed by atoms with Crippen LogP contribution in [0.3, 0.4) is 0 Å². The maximum Gasteiger partial charge on any atom is 0.0116 e. The maximum atomic E-state index is 3.56. The molecule has 0 spiro atoms. The van der Waals surface area contributed by atoms with Crippen molar-refractivity contribution in [3.8, 4) is 0 Å². The van der Waals surface area contributed by atoms with Crippen LogP contribution in [0.5, 0.6) is 0 Å². The van der Waals surface area contributed by atoms with Crippen molar-refractivity contribution in [2.75, 3.05) is 31.9 Å². The second-order valence-electron chi connectivity index (χ2n) is 6.73. The average molecular weight is 258 g/mol. The second kappa shape index (κ2) is 6.44. The van der Waals surface area contributed by atoms with Gasteiger partial charge in [0.1, 0.15) is 0 Å². The van der Waals surface area contributed by atoms with Crippen LogP contribution in [0.2, 0.25) is 0 Å². The molecule has 0 aliphatic carbocycles. The first kappa shape index (κ1) is 15.3. The van der Waals surface area contributed by atoms with Gasteiger partial charge in [-0.15, -0.1) is 0 Å². The molecule has 1 aliphatic heterocycles. The van der Waals surface area contributed by atoms with Crippen molar-refractivity contribution in [1.82, 2.24) is 10.2 Å². The minimum atomic E-state index is 0.261. The zero-order valence-corrected chi connectivity index (χ0v) is 13.1. The predicted octanol–water partition coefficient (Wildman–Crippen LogP) is 2.98. The van der Waals surface area contributed by atoms with E-state index in [1.807, 2.05) is 0 Å². The van der Waals surface area contributed by atoms with Crippen molar-refractivity contribution in [2.24, 2.45) is 0 Å². The fourth-order valence-corrected chi connectivity index (χ4v) is 3.19. The molecule has 1 N–H and O–H groups in total. The van der Waals surface area contributed by atoms with Crippen LogP contribution in [0.4, 0.5) is 0 Å². The van der Waals surface area contributed by atoms with E-state index in [1.54, 1.807) is 0 Å². The molecule has 0 amide bonds. The first-order chi connectivity index (χ1) is 7.79. The van der Waals surface area contributed by atoms with Crippen molar-refractivity contribution in [2.45, 2.75) is 57.7 Å². The molecule has 0 unspecified atom stereocenters. The maximum absolute atomic E-state index is 3.56. The summed E-state index contributed by atoms with van der Waals surface area (Å²) in [6.45, 7) is 16.4. The Hall–Kier alpha value is 0.270. The van der Waals surface area contributed by atoms with E-state index in [2.05, 4.69) is 56.6 Å². The number of rotatable bonds is 4. The molecule has 0 aromatic rings. The Labute approximate surface area is 112 Å². The summed E-state index contributed by atoms with van der Waals surface area (Å²) >= 11 is 2.13. The molecule has 17 heavy (non-hydrogen) atoms. The van der Waals surface area contributed by atoms with E-state index in [0.29, 0.717) is 4.75 Å². The third kappa shape index (κ3) is 7.32. The monoisotopic (exact) mass is 258 g/mol. The van der Waals surface area contributed by atoms with Crippen molar-refractivity contribution in [3.63, 3.8) is 0 Å². The summed E-state index contributed by atoms with van der Waals surface area (Å²) in [5.74, 6) is 1.29. The van der Waals surface area contributed by atoms with Gasteiger partial charge in [0.15, 0.2) is 0 Å². The molecule has 1 rings (SSSR count). The highest BCUT2D eigenvalue weighted by Crippen LogP contribution is 2.30. The summed E-state index contributed by atoms with van der Waals surface area (Å²) in [6.07, 6.45) is 2.59. The first-order valence-electron chi connectivity index (χ1n) is 6.90. The zero-order chi connectivity index (χ0) is 12.9. The van der Waals surface area contributed by atoms with E-state index in [-0.39, 0.29) is 5.54 Å². The Morgan fingerprint density at radius 3 is 2.59 bits per heavy atom. The minimum absolute atomic E-state index is 0.261. The van der Waals surface area contributed by atoms with Gasteiger partial charge in [-0.2, -0.15) is 11.8 Å². The van der Waals surface area contributed by atoms with Gasteiger partial charge < -0.3 is 10.2 Å². The van der Waals surface area contributed by atoms with E-state index in [4.69, 9.17) is 0 Å². The van der Waals surface area contributed by atoms with Crippen molar-refractivity contribution in [1.29, 1.82) is 0 Å². The number of nitrogens with zero attached hydrogens (tertiary/aromatic N) is 1. The topological polar surface area (TPSA) is 15.3 Å². The molecular formula is C14H30N2S. The lowest BCUT2D eigenvalue weighted by atomic mass is 10.1. The number of hydrogen-bond acceptors (Lipinski definition) is 3. The molecular weight excluding hydrogens is 228 g/mol. The van der Waals surface area contributed by atoms with Crippen LogP contribution >= 0.6 is 11.8 Å². The fraction of sp³-hybridized carbons (Fsp3) is 1.00. The average Bonchev–Trinajstić information content (AvgIpc) is 2.33. The Morgan fingerprint density at radius 1 is 1.24 bits per heavy atom. The summed E-state index contributed by atoms with van der Waals surface area (Å²) < 4.78 is 0.485. The van der Waals surface area contributed by atoms with E-state index in [1.165, 1.54) is 38.2 Å². The van der Waals surface area contributed by atoms with Gasteiger partial charge in [0, 0.05) is 22.6 Å². The number of hydrogen-bond donors (Lipinski definition) is 1. The number of nitrogens with one attached hydrogen (secondary N) is 1. The predicted molar refractivity (Wildman–Crippen MR) is 80.0 cm³/mol. The van der Waals surface area contributed by atoms with Gasteiger partial charge in [-0.05, 0) is 53.2 Å². The van der Waals surface area contributed by atoms with E-state index in [9.17, 15) is 0 Å². The molecule has 1 fully saturated rings. The van der Waals surface area contributed by atoms with Crippen LogP contribution in [0.15, 0.2) is 0 Å². The normalized spacial score (nSPS) is 22.4. The molecule has 1 saturated heterocycles. The molecule has 0 aromatic heterocycles. The van der Waals surface area contributed by atoms with Crippen LogP contribution in [0.25, 0.3) is 0 Å². The lowest BCUT2D eigenvalue weighted by molar-refractivity contribution is 0.274. The standard InChI is InChI=1S/C14H30N2S/c1-13(2,3)15-8-6-9-16-10-7-14(4,5)17-12-11-16/h15H,6-12H2,1-5H3. The van der Waals surface area contributed by atoms with E-state index >= 15 is 0 Å². The molecule has 0 bridgehead atoms. The van der Waals surface area contributed by atoms with Crippen molar-refractivity contribution < 1.29 is 0 Å². The summed E-state index contributed by atoms with van der Waals surface area (Å²) in [4.78, 5) is 2.63. The van der Waals surface area contributed by atoms with Gasteiger partial charge in [0.25, 0.3) is 0 Å². The molecule has 102 valence electrons. The molecule has 0 radical (unpaired) electrons. The van der Waals surface area contributed by atoms with Crippen molar-refractivity contribution in [3.05, 3.63) is 0 Å². The molecule has 0 saturated carbocycles. The smallest absolute Gasteiger partial charge is 0.0116 e. The zero-order valence-electron chi connectivity index (χ0n) is 12.3. The molecule has 0 aromatic carbocycles. The quantitative estimate of drug-likeness (QED) is 0.781. The van der Waals surface area contributed by atoms with E-state index in [0.717, 1.165) is 6.54 Å². The highest BCUT2D eigenvalue weighted by Gasteiger charge is 2.23. The highest BCUT2D eigenvalue weighted by atomic mass is 32.2. The Balaban J connectivity index is 2.15. The second-order valence-corrected chi connectivity index (χ2v) is 8.53. The molecule has 1 aliphatic rings. The van der Waals surface area contributed by atoms with Crippen molar-refractivity contribution >= 4 is 11.8 Å². The number of thioether (sulfide) groups is 1.